The van der Waals surface area contributed by atoms with E-state index in [0.29, 0.717) is 22.4 Å². The lowest BCUT2D eigenvalue weighted by Gasteiger charge is -2.14. The molecule has 196 valence electrons. The number of nitrogens with zero attached hydrogens (tertiary/aromatic N) is 3. The normalized spacial score (nSPS) is 10.8. The van der Waals surface area contributed by atoms with Gasteiger partial charge in [0, 0.05) is 18.2 Å². The fourth-order valence-corrected chi connectivity index (χ4v) is 4.55. The van der Waals surface area contributed by atoms with Crippen LogP contribution in [0.15, 0.2) is 63.3 Å². The molecule has 0 bridgehead atoms. The molecule has 38 heavy (non-hydrogen) atoms. The third-order valence-corrected chi connectivity index (χ3v) is 6.43. The summed E-state index contributed by atoms with van der Waals surface area (Å²) in [6, 6.07) is 13.9. The summed E-state index contributed by atoms with van der Waals surface area (Å²) in [6.07, 6.45) is 0.138. The molecule has 0 radical (unpaired) electrons. The van der Waals surface area contributed by atoms with Crippen LogP contribution in [-0.2, 0) is 16.0 Å². The first-order valence-electron chi connectivity index (χ1n) is 11.8. The number of aryl methyl sites for hydroxylation is 2. The zero-order valence-corrected chi connectivity index (χ0v) is 21.8. The van der Waals surface area contributed by atoms with Gasteiger partial charge in [-0.2, -0.15) is 0 Å². The number of rotatable bonds is 9. The largest absolute Gasteiger partial charge is 0.462 e. The van der Waals surface area contributed by atoms with E-state index in [1.807, 2.05) is 36.6 Å². The van der Waals surface area contributed by atoms with Crippen molar-refractivity contribution in [1.29, 1.82) is 0 Å². The third-order valence-electron chi connectivity index (χ3n) is 5.50. The molecular formula is C26H26N6O5S. The van der Waals surface area contributed by atoms with E-state index in [4.69, 9.17) is 4.74 Å². The number of carbonyl (C=O) groups is 2. The molecule has 4 aromatic rings. The predicted molar refractivity (Wildman–Crippen MR) is 143 cm³/mol. The molecule has 2 aromatic carbocycles. The Morgan fingerprint density at radius 2 is 1.84 bits per heavy atom. The average molecular weight is 535 g/mol. The molecule has 2 aromatic heterocycles. The van der Waals surface area contributed by atoms with Crippen molar-refractivity contribution >= 4 is 29.3 Å². The SMILES string of the molecule is CCOC(=O)c1ccccc1NC(=O)CSc1nnc(Cc2cc(=O)[nH]c(=O)[nH]2)n1-c1cc(C)ccc1C. The molecule has 0 unspecified atom stereocenters. The minimum absolute atomic E-state index is 0.0119. The second-order valence-electron chi connectivity index (χ2n) is 8.42. The first-order valence-corrected chi connectivity index (χ1v) is 12.8. The van der Waals surface area contributed by atoms with E-state index in [1.54, 1.807) is 31.2 Å². The van der Waals surface area contributed by atoms with Gasteiger partial charge in [-0.25, -0.2) is 9.59 Å². The minimum atomic E-state index is -0.611. The number of hydrogen-bond donors (Lipinski definition) is 3. The number of benzene rings is 2. The van der Waals surface area contributed by atoms with E-state index in [0.717, 1.165) is 16.8 Å². The Kier molecular flexibility index (Phi) is 8.22. The lowest BCUT2D eigenvalue weighted by molar-refractivity contribution is -0.113. The smallest absolute Gasteiger partial charge is 0.340 e. The molecule has 0 aliphatic rings. The third kappa shape index (κ3) is 6.27. The molecule has 0 fully saturated rings. The maximum Gasteiger partial charge on any atom is 0.340 e. The summed E-state index contributed by atoms with van der Waals surface area (Å²) in [5.41, 5.74) is 2.64. The number of thioether (sulfide) groups is 1. The summed E-state index contributed by atoms with van der Waals surface area (Å²) in [4.78, 5) is 53.4. The number of ether oxygens (including phenoxy) is 1. The zero-order chi connectivity index (χ0) is 27.2. The van der Waals surface area contributed by atoms with E-state index >= 15 is 0 Å². The highest BCUT2D eigenvalue weighted by atomic mass is 32.2. The predicted octanol–water partition coefficient (Wildman–Crippen LogP) is 2.76. The second-order valence-corrected chi connectivity index (χ2v) is 9.36. The highest BCUT2D eigenvalue weighted by Crippen LogP contribution is 2.26. The molecule has 0 atom stereocenters. The Bertz CT molecular complexity index is 1580. The lowest BCUT2D eigenvalue weighted by atomic mass is 10.1. The first kappa shape index (κ1) is 26.6. The number of hydrogen-bond acceptors (Lipinski definition) is 8. The number of aromatic amines is 2. The number of H-pyrrole nitrogens is 2. The van der Waals surface area contributed by atoms with Crippen LogP contribution in [0.5, 0.6) is 0 Å². The van der Waals surface area contributed by atoms with Gasteiger partial charge in [0.05, 0.1) is 29.3 Å². The summed E-state index contributed by atoms with van der Waals surface area (Å²) in [6.45, 7) is 5.84. The van der Waals surface area contributed by atoms with Crippen LogP contribution in [0, 0.1) is 13.8 Å². The average Bonchev–Trinajstić information content (AvgIpc) is 3.26. The van der Waals surface area contributed by atoms with Crippen LogP contribution in [0.3, 0.4) is 0 Å². The van der Waals surface area contributed by atoms with Crippen molar-refractivity contribution in [3.05, 3.63) is 97.6 Å². The molecule has 0 saturated heterocycles. The summed E-state index contributed by atoms with van der Waals surface area (Å²) >= 11 is 1.17. The van der Waals surface area contributed by atoms with Gasteiger partial charge in [0.1, 0.15) is 5.82 Å². The number of esters is 1. The standard InChI is InChI=1S/C26H26N6O5S/c1-4-37-24(35)18-7-5-6-8-19(18)28-23(34)14-38-26-31-30-21(12-17-13-22(33)29-25(36)27-17)32(26)20-11-15(2)9-10-16(20)3/h5-11,13H,4,12,14H2,1-3H3,(H,28,34)(H2,27,29,33,36). The molecule has 12 heteroatoms. The van der Waals surface area contributed by atoms with Gasteiger partial charge >= 0.3 is 11.7 Å². The van der Waals surface area contributed by atoms with E-state index < -0.39 is 17.2 Å². The molecule has 0 spiro atoms. The van der Waals surface area contributed by atoms with Crippen molar-refractivity contribution in [2.75, 3.05) is 17.7 Å². The number of amides is 1. The van der Waals surface area contributed by atoms with E-state index in [-0.39, 0.29) is 30.3 Å². The number of aromatic nitrogens is 5. The second kappa shape index (κ2) is 11.7. The van der Waals surface area contributed by atoms with Crippen LogP contribution in [0.1, 0.15) is 39.9 Å². The fraction of sp³-hybridized carbons (Fsp3) is 0.231. The van der Waals surface area contributed by atoms with Crippen molar-refractivity contribution in [2.24, 2.45) is 0 Å². The molecule has 1 amide bonds. The molecule has 2 heterocycles. The monoisotopic (exact) mass is 534 g/mol. The number of para-hydroxylation sites is 1. The highest BCUT2D eigenvalue weighted by Gasteiger charge is 2.19. The number of anilines is 1. The van der Waals surface area contributed by atoms with Crippen LogP contribution in [-0.4, -0.2) is 49.0 Å². The quantitative estimate of drug-likeness (QED) is 0.219. The van der Waals surface area contributed by atoms with Crippen LogP contribution in [0.2, 0.25) is 0 Å². The Morgan fingerprint density at radius 3 is 2.61 bits per heavy atom. The van der Waals surface area contributed by atoms with Gasteiger partial charge < -0.3 is 15.0 Å². The van der Waals surface area contributed by atoms with Crippen molar-refractivity contribution in [2.45, 2.75) is 32.3 Å². The molecular weight excluding hydrogens is 508 g/mol. The minimum Gasteiger partial charge on any atom is -0.462 e. The lowest BCUT2D eigenvalue weighted by Crippen LogP contribution is -2.23. The van der Waals surface area contributed by atoms with Crippen molar-refractivity contribution < 1.29 is 14.3 Å². The van der Waals surface area contributed by atoms with Crippen molar-refractivity contribution in [1.82, 2.24) is 24.7 Å². The molecule has 0 saturated carbocycles. The fourth-order valence-electron chi connectivity index (χ4n) is 3.79. The first-order chi connectivity index (χ1) is 18.2. The number of nitrogens with one attached hydrogen (secondary N) is 3. The van der Waals surface area contributed by atoms with Gasteiger partial charge in [0.15, 0.2) is 5.16 Å². The van der Waals surface area contributed by atoms with Gasteiger partial charge in [-0.1, -0.05) is 36.0 Å². The van der Waals surface area contributed by atoms with Gasteiger partial charge in [0.25, 0.3) is 5.56 Å². The maximum absolute atomic E-state index is 12.8. The molecule has 3 N–H and O–H groups in total. The van der Waals surface area contributed by atoms with Gasteiger partial charge in [0.2, 0.25) is 5.91 Å². The zero-order valence-electron chi connectivity index (χ0n) is 21.0. The number of carbonyl (C=O) groups excluding carboxylic acids is 2. The van der Waals surface area contributed by atoms with Crippen LogP contribution < -0.4 is 16.6 Å². The van der Waals surface area contributed by atoms with Crippen LogP contribution >= 0.6 is 11.8 Å². The molecule has 0 aliphatic carbocycles. The van der Waals surface area contributed by atoms with E-state index in [1.165, 1.54) is 17.8 Å². The summed E-state index contributed by atoms with van der Waals surface area (Å²) in [7, 11) is 0. The molecule has 0 aliphatic heterocycles. The van der Waals surface area contributed by atoms with Gasteiger partial charge in [-0.3, -0.25) is 19.1 Å². The maximum atomic E-state index is 12.8. The van der Waals surface area contributed by atoms with E-state index in [2.05, 4.69) is 25.5 Å². The Hall–Kier alpha value is -4.45. The topological polar surface area (TPSA) is 152 Å². The van der Waals surface area contributed by atoms with Crippen molar-refractivity contribution in [3.63, 3.8) is 0 Å². The summed E-state index contributed by atoms with van der Waals surface area (Å²) in [5.74, 6) is -0.395. The van der Waals surface area contributed by atoms with Gasteiger partial charge in [-0.05, 0) is 50.1 Å². The van der Waals surface area contributed by atoms with Crippen LogP contribution in [0.25, 0.3) is 5.69 Å². The van der Waals surface area contributed by atoms with E-state index in [9.17, 15) is 19.2 Å². The van der Waals surface area contributed by atoms with Crippen LogP contribution in [0.4, 0.5) is 5.69 Å². The van der Waals surface area contributed by atoms with Gasteiger partial charge in [-0.15, -0.1) is 10.2 Å². The Labute approximate surface area is 221 Å². The molecule has 4 rings (SSSR count). The van der Waals surface area contributed by atoms with Crippen molar-refractivity contribution in [3.8, 4) is 5.69 Å². The molecule has 11 nitrogen and oxygen atoms in total. The summed E-state index contributed by atoms with van der Waals surface area (Å²) in [5, 5.41) is 11.8. The highest BCUT2D eigenvalue weighted by molar-refractivity contribution is 7.99. The Balaban J connectivity index is 1.61. The Morgan fingerprint density at radius 1 is 1.05 bits per heavy atom. The summed E-state index contributed by atoms with van der Waals surface area (Å²) < 4.78 is 6.88.